The van der Waals surface area contributed by atoms with Crippen LogP contribution in [0.1, 0.15) is 39.0 Å². The molecule has 0 amide bonds. The Kier molecular flexibility index (Phi) is 2.80. The predicted molar refractivity (Wildman–Crippen MR) is 64.3 cm³/mol. The van der Waals surface area contributed by atoms with E-state index < -0.39 is 5.60 Å². The molecular formula is C14H22O3. The van der Waals surface area contributed by atoms with Gasteiger partial charge in [-0.1, -0.05) is 6.08 Å². The molecule has 0 atom stereocenters. The Morgan fingerprint density at radius 2 is 1.71 bits per heavy atom. The molecule has 0 aliphatic heterocycles. The monoisotopic (exact) mass is 238 g/mol. The van der Waals surface area contributed by atoms with Crippen molar-refractivity contribution < 1.29 is 15.3 Å². The second kappa shape index (κ2) is 4.08. The van der Waals surface area contributed by atoms with Crippen LogP contribution in [0.4, 0.5) is 0 Å². The first-order chi connectivity index (χ1) is 8.11. The number of aliphatic hydroxyl groups is 1. The Morgan fingerprint density at radius 3 is 2.18 bits per heavy atom. The van der Waals surface area contributed by atoms with Gasteiger partial charge in [0.1, 0.15) is 6.61 Å². The van der Waals surface area contributed by atoms with E-state index in [1.807, 2.05) is 13.0 Å². The first-order valence-electron chi connectivity index (χ1n) is 6.79. The van der Waals surface area contributed by atoms with Gasteiger partial charge in [-0.05, 0) is 68.3 Å². The third-order valence-electron chi connectivity index (χ3n) is 5.22. The van der Waals surface area contributed by atoms with E-state index in [-0.39, 0.29) is 6.61 Å². The van der Waals surface area contributed by atoms with Gasteiger partial charge in [-0.15, -0.1) is 0 Å². The van der Waals surface area contributed by atoms with Crippen LogP contribution in [0.3, 0.4) is 0 Å². The summed E-state index contributed by atoms with van der Waals surface area (Å²) in [5.41, 5.74) is 0.304. The van der Waals surface area contributed by atoms with E-state index in [9.17, 15) is 5.11 Å². The highest BCUT2D eigenvalue weighted by Crippen LogP contribution is 2.58. The van der Waals surface area contributed by atoms with Gasteiger partial charge in [0.2, 0.25) is 0 Å². The van der Waals surface area contributed by atoms with Crippen LogP contribution in [-0.4, -0.2) is 22.6 Å². The van der Waals surface area contributed by atoms with Crippen molar-refractivity contribution in [1.29, 1.82) is 0 Å². The summed E-state index contributed by atoms with van der Waals surface area (Å²) in [5.74, 6) is 2.60. The molecule has 4 aliphatic carbocycles. The van der Waals surface area contributed by atoms with E-state index in [2.05, 4.69) is 4.89 Å². The molecule has 0 saturated heterocycles. The summed E-state index contributed by atoms with van der Waals surface area (Å²) in [4.78, 5) is 4.16. The Hall–Kier alpha value is -0.380. The molecule has 0 aromatic heterocycles. The molecule has 3 heteroatoms. The molecule has 17 heavy (non-hydrogen) atoms. The maximum absolute atomic E-state index is 11.0. The van der Waals surface area contributed by atoms with Crippen molar-refractivity contribution in [1.82, 2.24) is 0 Å². The lowest BCUT2D eigenvalue weighted by molar-refractivity contribution is -0.234. The van der Waals surface area contributed by atoms with Gasteiger partial charge in [-0.2, -0.15) is 0 Å². The number of rotatable bonds is 3. The van der Waals surface area contributed by atoms with Gasteiger partial charge in [0, 0.05) is 0 Å². The summed E-state index contributed by atoms with van der Waals surface area (Å²) in [5, 5.41) is 19.5. The lowest BCUT2D eigenvalue weighted by Crippen LogP contribution is -2.56. The van der Waals surface area contributed by atoms with Crippen LogP contribution < -0.4 is 0 Å². The molecule has 0 heterocycles. The molecule has 0 aromatic carbocycles. The molecule has 0 unspecified atom stereocenters. The average molecular weight is 238 g/mol. The molecule has 2 N–H and O–H groups in total. The summed E-state index contributed by atoms with van der Waals surface area (Å²) in [6.07, 6.45) is 8.11. The highest BCUT2D eigenvalue weighted by molar-refractivity contribution is 5.19. The van der Waals surface area contributed by atoms with Crippen molar-refractivity contribution in [2.45, 2.75) is 44.6 Å². The van der Waals surface area contributed by atoms with Crippen molar-refractivity contribution in [3.05, 3.63) is 11.6 Å². The van der Waals surface area contributed by atoms with Crippen molar-refractivity contribution >= 4 is 0 Å². The Bertz CT molecular complexity index is 306. The van der Waals surface area contributed by atoms with E-state index in [1.165, 1.54) is 32.1 Å². The highest BCUT2D eigenvalue weighted by atomic mass is 17.1. The third-order valence-corrected chi connectivity index (χ3v) is 5.22. The van der Waals surface area contributed by atoms with Gasteiger partial charge in [-0.25, -0.2) is 4.89 Å². The van der Waals surface area contributed by atoms with Gasteiger partial charge in [0.25, 0.3) is 0 Å². The zero-order chi connectivity index (χ0) is 12.0. The largest absolute Gasteiger partial charge is 0.385 e. The van der Waals surface area contributed by atoms with Crippen LogP contribution in [0.25, 0.3) is 0 Å². The Balaban J connectivity index is 1.84. The molecule has 4 saturated carbocycles. The minimum absolute atomic E-state index is 0.203. The van der Waals surface area contributed by atoms with Gasteiger partial charge in [0.05, 0.1) is 5.60 Å². The topological polar surface area (TPSA) is 49.7 Å². The van der Waals surface area contributed by atoms with Gasteiger partial charge >= 0.3 is 0 Å². The molecule has 4 rings (SSSR count). The Morgan fingerprint density at radius 1 is 1.18 bits per heavy atom. The smallest absolute Gasteiger partial charge is 0.103 e. The predicted octanol–water partition coefficient (Wildman–Crippen LogP) is 2.61. The van der Waals surface area contributed by atoms with E-state index in [1.54, 1.807) is 0 Å². The quantitative estimate of drug-likeness (QED) is 0.451. The molecule has 0 aromatic rings. The first-order valence-corrected chi connectivity index (χ1v) is 6.79. The third kappa shape index (κ3) is 1.85. The minimum atomic E-state index is -0.629. The maximum atomic E-state index is 11.0. The van der Waals surface area contributed by atoms with E-state index in [4.69, 9.17) is 5.26 Å². The first kappa shape index (κ1) is 11.7. The van der Waals surface area contributed by atoms with Gasteiger partial charge in [-0.3, -0.25) is 5.26 Å². The van der Waals surface area contributed by atoms with E-state index in [0.717, 1.165) is 17.4 Å². The normalized spacial score (nSPS) is 48.8. The second-order valence-corrected chi connectivity index (χ2v) is 6.46. The zero-order valence-electron chi connectivity index (χ0n) is 10.4. The van der Waals surface area contributed by atoms with Crippen molar-refractivity contribution in [3.8, 4) is 0 Å². The van der Waals surface area contributed by atoms with Crippen molar-refractivity contribution in [2.24, 2.45) is 23.7 Å². The van der Waals surface area contributed by atoms with Crippen LogP contribution in [-0.2, 0) is 4.89 Å². The van der Waals surface area contributed by atoms with Crippen LogP contribution in [0.15, 0.2) is 11.6 Å². The SMILES string of the molecule is C/C(=C\C1(O)C2CC3CC(C2)CC1C3)COO. The second-order valence-electron chi connectivity index (χ2n) is 6.46. The summed E-state index contributed by atoms with van der Waals surface area (Å²) >= 11 is 0. The lowest BCUT2D eigenvalue weighted by Gasteiger charge is -2.58. The standard InChI is InChI=1S/C14H22O3/c1-9(8-17-16)7-14(15)12-3-10-2-11(5-12)6-13(14)4-10/h7,10-13,15-16H,2-6,8H2,1H3/b9-7+. The van der Waals surface area contributed by atoms with Gasteiger partial charge < -0.3 is 5.11 Å². The molecule has 4 aliphatic rings. The Labute approximate surface area is 102 Å². The van der Waals surface area contributed by atoms with Crippen LogP contribution >= 0.6 is 0 Å². The molecule has 96 valence electrons. The number of hydrogen-bond acceptors (Lipinski definition) is 3. The molecular weight excluding hydrogens is 216 g/mol. The van der Waals surface area contributed by atoms with Crippen molar-refractivity contribution in [3.63, 3.8) is 0 Å². The van der Waals surface area contributed by atoms with Crippen LogP contribution in [0, 0.1) is 23.7 Å². The fourth-order valence-corrected chi connectivity index (χ4v) is 4.71. The van der Waals surface area contributed by atoms with E-state index in [0.29, 0.717) is 11.8 Å². The van der Waals surface area contributed by atoms with Gasteiger partial charge in [0.15, 0.2) is 0 Å². The summed E-state index contributed by atoms with van der Waals surface area (Å²) in [6.45, 7) is 2.12. The van der Waals surface area contributed by atoms with Crippen LogP contribution in [0.2, 0.25) is 0 Å². The van der Waals surface area contributed by atoms with Crippen LogP contribution in [0.5, 0.6) is 0 Å². The fourth-order valence-electron chi connectivity index (χ4n) is 4.71. The molecule has 0 radical (unpaired) electrons. The van der Waals surface area contributed by atoms with E-state index >= 15 is 0 Å². The highest BCUT2D eigenvalue weighted by Gasteiger charge is 2.55. The summed E-state index contributed by atoms with van der Waals surface area (Å²) < 4.78 is 0. The average Bonchev–Trinajstić information content (AvgIpc) is 2.25. The fraction of sp³-hybridized carbons (Fsp3) is 0.857. The summed E-state index contributed by atoms with van der Waals surface area (Å²) in [7, 11) is 0. The molecule has 4 fully saturated rings. The molecule has 4 bridgehead atoms. The molecule has 3 nitrogen and oxygen atoms in total. The number of hydrogen-bond donors (Lipinski definition) is 2. The maximum Gasteiger partial charge on any atom is 0.103 e. The zero-order valence-corrected chi connectivity index (χ0v) is 10.4. The minimum Gasteiger partial charge on any atom is -0.385 e. The summed E-state index contributed by atoms with van der Waals surface area (Å²) in [6, 6.07) is 0. The molecule has 0 spiro atoms. The lowest BCUT2D eigenvalue weighted by atomic mass is 9.49. The van der Waals surface area contributed by atoms with Crippen molar-refractivity contribution in [2.75, 3.05) is 6.61 Å².